The van der Waals surface area contributed by atoms with E-state index in [0.717, 1.165) is 31.5 Å². The maximum absolute atomic E-state index is 12.7. The third kappa shape index (κ3) is 5.20. The van der Waals surface area contributed by atoms with Gasteiger partial charge in [-0.05, 0) is 36.6 Å². The van der Waals surface area contributed by atoms with E-state index in [2.05, 4.69) is 20.2 Å². The molecule has 10 heteroatoms. The van der Waals surface area contributed by atoms with Gasteiger partial charge in [-0.15, -0.1) is 0 Å². The van der Waals surface area contributed by atoms with Crippen LogP contribution in [0.25, 0.3) is 0 Å². The summed E-state index contributed by atoms with van der Waals surface area (Å²) in [5.41, 5.74) is 0.865. The molecule has 1 amide bonds. The number of hydrogen-bond donors (Lipinski definition) is 1. The van der Waals surface area contributed by atoms with Gasteiger partial charge in [-0.3, -0.25) is 4.79 Å². The third-order valence-electron chi connectivity index (χ3n) is 5.70. The largest absolute Gasteiger partial charge is 0.379 e. The van der Waals surface area contributed by atoms with E-state index in [1.807, 2.05) is 0 Å². The van der Waals surface area contributed by atoms with Gasteiger partial charge in [0.15, 0.2) is 0 Å². The average Bonchev–Trinajstić information content (AvgIpc) is 2.84. The fraction of sp³-hybridized carbons (Fsp3) is 0.476. The second kappa shape index (κ2) is 9.71. The number of amides is 1. The molecule has 2 aliphatic rings. The van der Waals surface area contributed by atoms with Crippen LogP contribution in [0, 0.1) is 5.92 Å². The molecule has 166 valence electrons. The summed E-state index contributed by atoms with van der Waals surface area (Å²) in [5, 5.41) is 2.98. The van der Waals surface area contributed by atoms with Crippen molar-refractivity contribution in [2.75, 3.05) is 44.3 Å². The van der Waals surface area contributed by atoms with E-state index in [0.29, 0.717) is 38.8 Å². The fourth-order valence-corrected chi connectivity index (χ4v) is 5.25. The maximum Gasteiger partial charge on any atom is 0.243 e. The number of carbonyl (C=O) groups is 1. The number of anilines is 1. The Kier molecular flexibility index (Phi) is 6.79. The molecule has 0 saturated carbocycles. The molecule has 3 heterocycles. The quantitative estimate of drug-likeness (QED) is 0.708. The molecule has 0 spiro atoms. The number of nitrogens with zero attached hydrogens (tertiary/aromatic N) is 4. The minimum Gasteiger partial charge on any atom is -0.379 e. The van der Waals surface area contributed by atoms with Crippen LogP contribution in [0.3, 0.4) is 0 Å². The molecule has 0 radical (unpaired) electrons. The molecule has 2 saturated heterocycles. The van der Waals surface area contributed by atoms with Crippen molar-refractivity contribution in [3.8, 4) is 0 Å². The number of piperidine rings is 1. The molecule has 0 unspecified atom stereocenters. The van der Waals surface area contributed by atoms with E-state index in [4.69, 9.17) is 4.74 Å². The van der Waals surface area contributed by atoms with Crippen molar-refractivity contribution >= 4 is 21.9 Å². The molecule has 2 aromatic rings. The van der Waals surface area contributed by atoms with Crippen LogP contribution >= 0.6 is 0 Å². The number of sulfonamides is 1. The first-order chi connectivity index (χ1) is 15.0. The summed E-state index contributed by atoms with van der Waals surface area (Å²) < 4.78 is 32.0. The minimum atomic E-state index is -3.50. The van der Waals surface area contributed by atoms with Crippen LogP contribution in [0.4, 0.5) is 5.95 Å². The molecule has 0 atom stereocenters. The number of aromatic nitrogens is 2. The van der Waals surface area contributed by atoms with Crippen molar-refractivity contribution < 1.29 is 17.9 Å². The molecular weight excluding hydrogens is 418 g/mol. The summed E-state index contributed by atoms with van der Waals surface area (Å²) in [4.78, 5) is 23.5. The Bertz CT molecular complexity index is 971. The molecule has 1 N–H and O–H groups in total. The topological polar surface area (TPSA) is 105 Å². The number of hydrogen-bond acceptors (Lipinski definition) is 7. The van der Waals surface area contributed by atoms with Gasteiger partial charge in [0.2, 0.25) is 21.9 Å². The second-order valence-corrected chi connectivity index (χ2v) is 9.63. The SMILES string of the molecule is O=C(NCc1ccc(S(=O)(=O)N2CCOCC2)cc1)C1CCN(c2ncccn2)CC1. The highest BCUT2D eigenvalue weighted by molar-refractivity contribution is 7.89. The highest BCUT2D eigenvalue weighted by atomic mass is 32.2. The summed E-state index contributed by atoms with van der Waals surface area (Å²) in [6.07, 6.45) is 4.94. The molecule has 31 heavy (non-hydrogen) atoms. The first-order valence-electron chi connectivity index (χ1n) is 10.5. The zero-order chi connectivity index (χ0) is 21.7. The van der Waals surface area contributed by atoms with E-state index in [1.165, 1.54) is 4.31 Å². The normalized spacial score (nSPS) is 18.6. The first-order valence-corrected chi connectivity index (χ1v) is 11.9. The van der Waals surface area contributed by atoms with Gasteiger partial charge < -0.3 is 15.0 Å². The van der Waals surface area contributed by atoms with Gasteiger partial charge in [0.25, 0.3) is 0 Å². The van der Waals surface area contributed by atoms with Crippen LogP contribution in [0.15, 0.2) is 47.6 Å². The Morgan fingerprint density at radius 1 is 1.03 bits per heavy atom. The Morgan fingerprint density at radius 2 is 1.68 bits per heavy atom. The number of rotatable bonds is 6. The number of carbonyl (C=O) groups excluding carboxylic acids is 1. The number of benzene rings is 1. The summed E-state index contributed by atoms with van der Waals surface area (Å²) in [7, 11) is -3.50. The van der Waals surface area contributed by atoms with Crippen molar-refractivity contribution in [1.82, 2.24) is 19.6 Å². The lowest BCUT2D eigenvalue weighted by molar-refractivity contribution is -0.125. The van der Waals surface area contributed by atoms with Crippen molar-refractivity contribution in [2.45, 2.75) is 24.3 Å². The van der Waals surface area contributed by atoms with Gasteiger partial charge in [0, 0.05) is 51.0 Å². The summed E-state index contributed by atoms with van der Waals surface area (Å²) in [6.45, 7) is 3.44. The van der Waals surface area contributed by atoms with Crippen molar-refractivity contribution in [3.05, 3.63) is 48.3 Å². The Labute approximate surface area is 182 Å². The van der Waals surface area contributed by atoms with Gasteiger partial charge in [-0.1, -0.05) is 12.1 Å². The lowest BCUT2D eigenvalue weighted by Crippen LogP contribution is -2.41. The number of morpholine rings is 1. The molecule has 9 nitrogen and oxygen atoms in total. The number of nitrogens with one attached hydrogen (secondary N) is 1. The van der Waals surface area contributed by atoms with Crippen LogP contribution in [0.1, 0.15) is 18.4 Å². The van der Waals surface area contributed by atoms with Crippen LogP contribution < -0.4 is 10.2 Å². The molecule has 1 aromatic heterocycles. The van der Waals surface area contributed by atoms with Crippen LogP contribution in [0.5, 0.6) is 0 Å². The molecular formula is C21H27N5O4S. The zero-order valence-corrected chi connectivity index (χ0v) is 18.1. The summed E-state index contributed by atoms with van der Waals surface area (Å²) >= 11 is 0. The van der Waals surface area contributed by atoms with E-state index in [-0.39, 0.29) is 16.7 Å². The van der Waals surface area contributed by atoms with E-state index >= 15 is 0 Å². The summed E-state index contributed by atoms with van der Waals surface area (Å²) in [5.74, 6) is 0.688. The first kappa shape index (κ1) is 21.7. The van der Waals surface area contributed by atoms with Gasteiger partial charge in [-0.25, -0.2) is 18.4 Å². The summed E-state index contributed by atoms with van der Waals surface area (Å²) in [6, 6.07) is 8.50. The standard InChI is InChI=1S/C21H27N5O4S/c27-20(18-6-10-25(11-7-18)21-22-8-1-9-23-21)24-16-17-2-4-19(5-3-17)31(28,29)26-12-14-30-15-13-26/h1-5,8-9,18H,6-7,10-16H2,(H,24,27). The lowest BCUT2D eigenvalue weighted by atomic mass is 9.96. The lowest BCUT2D eigenvalue weighted by Gasteiger charge is -2.31. The number of ether oxygens (including phenoxy) is 1. The Morgan fingerprint density at radius 3 is 2.32 bits per heavy atom. The highest BCUT2D eigenvalue weighted by Gasteiger charge is 2.27. The van der Waals surface area contributed by atoms with Gasteiger partial charge in [0.1, 0.15) is 0 Å². The Hall–Kier alpha value is -2.56. The van der Waals surface area contributed by atoms with Crippen LogP contribution in [-0.2, 0) is 26.1 Å². The van der Waals surface area contributed by atoms with E-state index < -0.39 is 10.0 Å². The van der Waals surface area contributed by atoms with Crippen molar-refractivity contribution in [3.63, 3.8) is 0 Å². The van der Waals surface area contributed by atoms with Crippen molar-refractivity contribution in [2.24, 2.45) is 5.92 Å². The van der Waals surface area contributed by atoms with Gasteiger partial charge >= 0.3 is 0 Å². The molecule has 1 aromatic carbocycles. The molecule has 2 aliphatic heterocycles. The monoisotopic (exact) mass is 445 g/mol. The molecule has 2 fully saturated rings. The van der Waals surface area contributed by atoms with E-state index in [9.17, 15) is 13.2 Å². The van der Waals surface area contributed by atoms with Gasteiger partial charge in [0.05, 0.1) is 18.1 Å². The Balaban J connectivity index is 1.27. The molecule has 0 aliphatic carbocycles. The van der Waals surface area contributed by atoms with Crippen LogP contribution in [0.2, 0.25) is 0 Å². The predicted molar refractivity (Wildman–Crippen MR) is 115 cm³/mol. The minimum absolute atomic E-state index is 0.0265. The molecule has 4 rings (SSSR count). The van der Waals surface area contributed by atoms with Gasteiger partial charge in [-0.2, -0.15) is 4.31 Å². The predicted octanol–water partition coefficient (Wildman–Crippen LogP) is 1.03. The van der Waals surface area contributed by atoms with Crippen LogP contribution in [-0.4, -0.2) is 68.0 Å². The van der Waals surface area contributed by atoms with Crippen molar-refractivity contribution in [1.29, 1.82) is 0 Å². The zero-order valence-electron chi connectivity index (χ0n) is 17.3. The molecule has 0 bridgehead atoms. The fourth-order valence-electron chi connectivity index (χ4n) is 3.85. The third-order valence-corrected chi connectivity index (χ3v) is 7.61. The average molecular weight is 446 g/mol. The van der Waals surface area contributed by atoms with E-state index in [1.54, 1.807) is 42.7 Å². The second-order valence-electron chi connectivity index (χ2n) is 7.69. The maximum atomic E-state index is 12.7. The highest BCUT2D eigenvalue weighted by Crippen LogP contribution is 2.21. The smallest absolute Gasteiger partial charge is 0.243 e.